The van der Waals surface area contributed by atoms with Crippen LogP contribution in [0.2, 0.25) is 0 Å². The van der Waals surface area contributed by atoms with Crippen LogP contribution in [0.1, 0.15) is 31.2 Å². The number of benzene rings is 1. The van der Waals surface area contributed by atoms with Gasteiger partial charge in [-0.1, -0.05) is 18.2 Å². The molecule has 0 aromatic heterocycles. The van der Waals surface area contributed by atoms with Gasteiger partial charge < -0.3 is 15.3 Å². The maximum absolute atomic E-state index is 11.5. The summed E-state index contributed by atoms with van der Waals surface area (Å²) >= 11 is 0. The Labute approximate surface area is 118 Å². The summed E-state index contributed by atoms with van der Waals surface area (Å²) in [7, 11) is 0. The van der Waals surface area contributed by atoms with Crippen LogP contribution in [0, 0.1) is 0 Å². The van der Waals surface area contributed by atoms with E-state index in [1.54, 1.807) is 0 Å². The lowest BCUT2D eigenvalue weighted by Gasteiger charge is -2.34. The van der Waals surface area contributed by atoms with E-state index in [-0.39, 0.29) is 5.91 Å². The van der Waals surface area contributed by atoms with Gasteiger partial charge in [0.1, 0.15) is 0 Å². The van der Waals surface area contributed by atoms with Crippen LogP contribution >= 0.6 is 0 Å². The molecule has 1 atom stereocenters. The van der Waals surface area contributed by atoms with Crippen LogP contribution in [0.25, 0.3) is 0 Å². The lowest BCUT2D eigenvalue weighted by molar-refractivity contribution is -0.139. The topological polar surface area (TPSA) is 69.6 Å². The predicted molar refractivity (Wildman–Crippen MR) is 76.9 cm³/mol. The minimum Gasteiger partial charge on any atom is -0.481 e. The predicted octanol–water partition coefficient (Wildman–Crippen LogP) is 1.59. The maximum Gasteiger partial charge on any atom is 0.311 e. The Morgan fingerprint density at radius 3 is 2.85 bits per heavy atom. The number of carboxylic acid groups (broad SMARTS) is 1. The van der Waals surface area contributed by atoms with Crippen molar-refractivity contribution in [1.82, 2.24) is 5.32 Å². The molecule has 5 heteroatoms. The number of para-hydroxylation sites is 1. The number of hydrogen-bond acceptors (Lipinski definition) is 3. The van der Waals surface area contributed by atoms with Crippen molar-refractivity contribution in [2.24, 2.45) is 0 Å². The number of amides is 1. The molecule has 0 radical (unpaired) electrons. The molecule has 1 unspecified atom stereocenters. The van der Waals surface area contributed by atoms with Gasteiger partial charge in [0.05, 0.1) is 5.92 Å². The van der Waals surface area contributed by atoms with Crippen molar-refractivity contribution >= 4 is 17.6 Å². The lowest BCUT2D eigenvalue weighted by Crippen LogP contribution is -2.36. The molecule has 0 aliphatic carbocycles. The molecule has 0 saturated carbocycles. The molecule has 1 aromatic carbocycles. The molecule has 108 valence electrons. The van der Waals surface area contributed by atoms with Crippen molar-refractivity contribution in [2.45, 2.75) is 25.7 Å². The van der Waals surface area contributed by atoms with Crippen LogP contribution in [0.4, 0.5) is 5.69 Å². The highest BCUT2D eigenvalue weighted by molar-refractivity contribution is 5.81. The summed E-state index contributed by atoms with van der Waals surface area (Å²) in [5.74, 6) is -1.18. The van der Waals surface area contributed by atoms with Crippen LogP contribution < -0.4 is 10.2 Å². The number of carboxylic acids is 1. The summed E-state index contributed by atoms with van der Waals surface area (Å²) in [5.41, 5.74) is 1.79. The number of nitrogens with one attached hydrogen (secondary N) is 1. The van der Waals surface area contributed by atoms with Gasteiger partial charge in [-0.3, -0.25) is 9.59 Å². The minimum absolute atomic E-state index is 0.0327. The zero-order chi connectivity index (χ0) is 14.5. The molecular weight excluding hydrogens is 256 g/mol. The second-order valence-electron chi connectivity index (χ2n) is 4.93. The molecule has 5 nitrogen and oxygen atoms in total. The second-order valence-corrected chi connectivity index (χ2v) is 4.93. The summed E-state index contributed by atoms with van der Waals surface area (Å²) in [6.07, 6.45) is 1.02. The first-order valence-corrected chi connectivity index (χ1v) is 6.97. The van der Waals surface area contributed by atoms with Crippen molar-refractivity contribution in [3.8, 4) is 0 Å². The molecule has 1 amide bonds. The van der Waals surface area contributed by atoms with Gasteiger partial charge in [-0.15, -0.1) is 0 Å². The van der Waals surface area contributed by atoms with Crippen molar-refractivity contribution in [1.29, 1.82) is 0 Å². The number of fused-ring (bicyclic) bond motifs is 1. The molecular formula is C15H20N2O3. The van der Waals surface area contributed by atoms with Gasteiger partial charge in [0.2, 0.25) is 5.91 Å². The average molecular weight is 276 g/mol. The maximum atomic E-state index is 11.5. The molecule has 1 aliphatic heterocycles. The van der Waals surface area contributed by atoms with Crippen LogP contribution in [0.5, 0.6) is 0 Å². The monoisotopic (exact) mass is 276 g/mol. The van der Waals surface area contributed by atoms with Crippen LogP contribution in [-0.4, -0.2) is 36.6 Å². The third-order valence-corrected chi connectivity index (χ3v) is 3.62. The summed E-state index contributed by atoms with van der Waals surface area (Å²) in [6, 6.07) is 7.57. The van der Waals surface area contributed by atoms with Crippen LogP contribution in [0.15, 0.2) is 24.3 Å². The number of hydrogen-bond donors (Lipinski definition) is 2. The van der Waals surface area contributed by atoms with E-state index < -0.39 is 11.9 Å². The average Bonchev–Trinajstić information content (AvgIpc) is 2.44. The highest BCUT2D eigenvalue weighted by atomic mass is 16.4. The van der Waals surface area contributed by atoms with E-state index in [2.05, 4.69) is 10.2 Å². The van der Waals surface area contributed by atoms with Crippen molar-refractivity contribution < 1.29 is 14.7 Å². The summed E-state index contributed by atoms with van der Waals surface area (Å²) in [5, 5.41) is 12.1. The van der Waals surface area contributed by atoms with E-state index in [0.717, 1.165) is 11.3 Å². The second kappa shape index (κ2) is 6.41. The van der Waals surface area contributed by atoms with Crippen molar-refractivity contribution in [2.75, 3.05) is 24.5 Å². The van der Waals surface area contributed by atoms with E-state index in [1.165, 1.54) is 0 Å². The third kappa shape index (κ3) is 3.10. The first-order valence-electron chi connectivity index (χ1n) is 6.97. The lowest BCUT2D eigenvalue weighted by atomic mass is 9.90. The Kier molecular flexibility index (Phi) is 4.61. The van der Waals surface area contributed by atoms with E-state index in [4.69, 9.17) is 0 Å². The minimum atomic E-state index is -0.777. The molecule has 0 saturated heterocycles. The smallest absolute Gasteiger partial charge is 0.311 e. The Balaban J connectivity index is 2.11. The Morgan fingerprint density at radius 1 is 1.40 bits per heavy atom. The Hall–Kier alpha value is -2.04. The van der Waals surface area contributed by atoms with Gasteiger partial charge in [-0.25, -0.2) is 0 Å². The summed E-state index contributed by atoms with van der Waals surface area (Å²) < 4.78 is 0. The van der Waals surface area contributed by atoms with Gasteiger partial charge in [-0.05, 0) is 25.0 Å². The molecule has 0 spiro atoms. The van der Waals surface area contributed by atoms with Gasteiger partial charge in [0.15, 0.2) is 0 Å². The Bertz CT molecular complexity index is 502. The number of rotatable bonds is 5. The largest absolute Gasteiger partial charge is 0.481 e. The van der Waals surface area contributed by atoms with E-state index in [0.29, 0.717) is 32.5 Å². The molecule has 0 fully saturated rings. The number of carbonyl (C=O) groups excluding carboxylic acids is 1. The fraction of sp³-hybridized carbons (Fsp3) is 0.467. The molecule has 20 heavy (non-hydrogen) atoms. The fourth-order valence-corrected chi connectivity index (χ4v) is 2.64. The third-order valence-electron chi connectivity index (χ3n) is 3.62. The quantitative estimate of drug-likeness (QED) is 0.857. The van der Waals surface area contributed by atoms with Gasteiger partial charge in [0, 0.05) is 31.7 Å². The molecule has 1 aliphatic rings. The van der Waals surface area contributed by atoms with E-state index in [9.17, 15) is 14.7 Å². The highest BCUT2D eigenvalue weighted by Gasteiger charge is 2.29. The van der Waals surface area contributed by atoms with Crippen LogP contribution in [-0.2, 0) is 9.59 Å². The fourth-order valence-electron chi connectivity index (χ4n) is 2.64. The van der Waals surface area contributed by atoms with Crippen molar-refractivity contribution in [3.05, 3.63) is 29.8 Å². The van der Waals surface area contributed by atoms with Gasteiger partial charge >= 0.3 is 5.97 Å². The molecule has 1 aromatic rings. The summed E-state index contributed by atoms with van der Waals surface area (Å²) in [6.45, 7) is 3.82. The number of carbonyl (C=O) groups is 2. The number of aliphatic carboxylic acids is 1. The number of anilines is 1. The van der Waals surface area contributed by atoms with E-state index >= 15 is 0 Å². The zero-order valence-corrected chi connectivity index (χ0v) is 11.6. The van der Waals surface area contributed by atoms with Gasteiger partial charge in [0.25, 0.3) is 0 Å². The van der Waals surface area contributed by atoms with E-state index in [1.807, 2.05) is 31.2 Å². The number of nitrogens with zero attached hydrogens (tertiary/aromatic N) is 1. The molecule has 2 rings (SSSR count). The molecule has 1 heterocycles. The standard InChI is InChI=1S/C15H20N2O3/c1-2-16-14(18)8-10-17-9-7-12(15(19)20)11-5-3-4-6-13(11)17/h3-6,12H,2,7-10H2,1H3,(H,16,18)(H,19,20). The zero-order valence-electron chi connectivity index (χ0n) is 11.6. The van der Waals surface area contributed by atoms with Gasteiger partial charge in [-0.2, -0.15) is 0 Å². The normalized spacial score (nSPS) is 17.4. The van der Waals surface area contributed by atoms with Crippen molar-refractivity contribution in [3.63, 3.8) is 0 Å². The SMILES string of the molecule is CCNC(=O)CCN1CCC(C(=O)O)c2ccccc21. The van der Waals surface area contributed by atoms with Crippen LogP contribution in [0.3, 0.4) is 0 Å². The summed E-state index contributed by atoms with van der Waals surface area (Å²) in [4.78, 5) is 24.9. The first kappa shape index (κ1) is 14.4. The molecule has 0 bridgehead atoms. The first-order chi connectivity index (χ1) is 9.63. The Morgan fingerprint density at radius 2 is 2.15 bits per heavy atom. The molecule has 2 N–H and O–H groups in total. The highest BCUT2D eigenvalue weighted by Crippen LogP contribution is 2.35.